The molecule has 100 valence electrons. The van der Waals surface area contributed by atoms with Gasteiger partial charge in [0, 0.05) is 16.0 Å². The zero-order valence-electron chi connectivity index (χ0n) is 10.7. The molecule has 0 bridgehead atoms. The van der Waals surface area contributed by atoms with Crippen molar-refractivity contribution in [2.45, 2.75) is 18.8 Å². The van der Waals surface area contributed by atoms with Crippen LogP contribution in [0.25, 0.3) is 0 Å². The normalized spacial score (nSPS) is 18.6. The molecule has 1 aliphatic rings. The predicted molar refractivity (Wildman–Crippen MR) is 76.1 cm³/mol. The summed E-state index contributed by atoms with van der Waals surface area (Å²) >= 11 is 3.50. The first kappa shape index (κ1) is 13.8. The van der Waals surface area contributed by atoms with Crippen molar-refractivity contribution in [2.75, 3.05) is 26.8 Å². The lowest BCUT2D eigenvalue weighted by Crippen LogP contribution is -2.32. The van der Waals surface area contributed by atoms with Crippen molar-refractivity contribution in [3.63, 3.8) is 0 Å². The number of piperidine rings is 1. The van der Waals surface area contributed by atoms with Gasteiger partial charge in [0.15, 0.2) is 0 Å². The van der Waals surface area contributed by atoms with E-state index in [2.05, 4.69) is 27.3 Å². The zero-order valence-corrected chi connectivity index (χ0v) is 12.2. The molecular weight excluding hydrogens is 294 g/mol. The lowest BCUT2D eigenvalue weighted by molar-refractivity contribution is 0.198. The van der Waals surface area contributed by atoms with Crippen molar-refractivity contribution < 1.29 is 9.84 Å². The highest BCUT2D eigenvalue weighted by molar-refractivity contribution is 9.10. The second kappa shape index (κ2) is 6.55. The van der Waals surface area contributed by atoms with Gasteiger partial charge in [-0.25, -0.2) is 0 Å². The third-order valence-corrected chi connectivity index (χ3v) is 4.23. The average molecular weight is 314 g/mol. The Kier molecular flexibility index (Phi) is 5.03. The van der Waals surface area contributed by atoms with Crippen LogP contribution in [0, 0.1) is 5.92 Å². The molecule has 18 heavy (non-hydrogen) atoms. The first-order chi connectivity index (χ1) is 8.76. The summed E-state index contributed by atoms with van der Waals surface area (Å²) in [4.78, 5) is 0. The first-order valence-electron chi connectivity index (χ1n) is 6.41. The van der Waals surface area contributed by atoms with E-state index in [9.17, 15) is 5.11 Å². The van der Waals surface area contributed by atoms with Crippen molar-refractivity contribution in [3.8, 4) is 5.75 Å². The van der Waals surface area contributed by atoms with Gasteiger partial charge in [-0.15, -0.1) is 0 Å². The molecule has 0 saturated carbocycles. The molecule has 3 nitrogen and oxygen atoms in total. The zero-order chi connectivity index (χ0) is 13.0. The van der Waals surface area contributed by atoms with Gasteiger partial charge in [-0.3, -0.25) is 0 Å². The fourth-order valence-electron chi connectivity index (χ4n) is 2.74. The summed E-state index contributed by atoms with van der Waals surface area (Å²) in [6.45, 7) is 2.26. The summed E-state index contributed by atoms with van der Waals surface area (Å²) in [5, 5.41) is 13.1. The fourth-order valence-corrected chi connectivity index (χ4v) is 3.12. The van der Waals surface area contributed by atoms with Gasteiger partial charge < -0.3 is 15.2 Å². The molecule has 0 spiro atoms. The summed E-state index contributed by atoms with van der Waals surface area (Å²) in [5.41, 5.74) is 1.11. The second-order valence-corrected chi connectivity index (χ2v) is 5.68. The van der Waals surface area contributed by atoms with Gasteiger partial charge in [0.25, 0.3) is 0 Å². The van der Waals surface area contributed by atoms with Crippen molar-refractivity contribution in [2.24, 2.45) is 5.92 Å². The van der Waals surface area contributed by atoms with Crippen LogP contribution in [0.15, 0.2) is 22.7 Å². The van der Waals surface area contributed by atoms with Gasteiger partial charge in [-0.2, -0.15) is 0 Å². The van der Waals surface area contributed by atoms with E-state index in [1.54, 1.807) is 7.11 Å². The van der Waals surface area contributed by atoms with Gasteiger partial charge in [0.2, 0.25) is 0 Å². The molecular formula is C14H20BrNO2. The number of hydrogen-bond acceptors (Lipinski definition) is 3. The van der Waals surface area contributed by atoms with Crippen LogP contribution >= 0.6 is 15.9 Å². The monoisotopic (exact) mass is 313 g/mol. The minimum absolute atomic E-state index is 0.166. The molecule has 0 amide bonds. The van der Waals surface area contributed by atoms with E-state index >= 15 is 0 Å². The van der Waals surface area contributed by atoms with Crippen LogP contribution in [-0.4, -0.2) is 31.9 Å². The predicted octanol–water partition coefficient (Wildman–Crippen LogP) is 2.53. The molecule has 2 rings (SSSR count). The van der Waals surface area contributed by atoms with Gasteiger partial charge in [0.1, 0.15) is 5.75 Å². The number of aliphatic hydroxyl groups excluding tert-OH is 1. The molecule has 1 unspecified atom stereocenters. The lowest BCUT2D eigenvalue weighted by Gasteiger charge is -2.30. The third-order valence-electron chi connectivity index (χ3n) is 3.74. The summed E-state index contributed by atoms with van der Waals surface area (Å²) < 4.78 is 6.46. The summed E-state index contributed by atoms with van der Waals surface area (Å²) in [6.07, 6.45) is 2.22. The van der Waals surface area contributed by atoms with Crippen LogP contribution in [0.4, 0.5) is 0 Å². The highest BCUT2D eigenvalue weighted by Crippen LogP contribution is 2.37. The number of nitrogens with one attached hydrogen (secondary N) is 1. The summed E-state index contributed by atoms with van der Waals surface area (Å²) in [5.74, 6) is 1.56. The first-order valence-corrected chi connectivity index (χ1v) is 7.20. The van der Waals surface area contributed by atoms with Crippen LogP contribution < -0.4 is 10.1 Å². The van der Waals surface area contributed by atoms with Gasteiger partial charge in [-0.1, -0.05) is 15.9 Å². The van der Waals surface area contributed by atoms with E-state index < -0.39 is 0 Å². The van der Waals surface area contributed by atoms with Crippen molar-refractivity contribution in [1.82, 2.24) is 5.32 Å². The average Bonchev–Trinajstić information content (AvgIpc) is 2.41. The Labute approximate surface area is 117 Å². The SMILES string of the molecule is COc1ccc(Br)cc1C(CO)C1CCNCC1. The standard InChI is InChI=1S/C14H20BrNO2/c1-18-14-3-2-11(15)8-12(14)13(9-17)10-4-6-16-7-5-10/h2-3,8,10,13,16-17H,4-7,9H2,1H3. The minimum atomic E-state index is 0.166. The topological polar surface area (TPSA) is 41.5 Å². The van der Waals surface area contributed by atoms with Gasteiger partial charge in [-0.05, 0) is 50.0 Å². The minimum Gasteiger partial charge on any atom is -0.496 e. The maximum Gasteiger partial charge on any atom is 0.122 e. The van der Waals surface area contributed by atoms with Gasteiger partial charge in [0.05, 0.1) is 13.7 Å². The van der Waals surface area contributed by atoms with Gasteiger partial charge >= 0.3 is 0 Å². The summed E-state index contributed by atoms with van der Waals surface area (Å²) in [6, 6.07) is 6.00. The fraction of sp³-hybridized carbons (Fsp3) is 0.571. The molecule has 1 heterocycles. The number of halogens is 1. The number of benzene rings is 1. The Hall–Kier alpha value is -0.580. The third kappa shape index (κ3) is 3.05. The van der Waals surface area contributed by atoms with E-state index in [-0.39, 0.29) is 12.5 Å². The molecule has 1 aromatic carbocycles. The van der Waals surface area contributed by atoms with E-state index in [0.29, 0.717) is 5.92 Å². The van der Waals surface area contributed by atoms with E-state index in [1.165, 1.54) is 0 Å². The van der Waals surface area contributed by atoms with E-state index in [0.717, 1.165) is 41.7 Å². The Morgan fingerprint density at radius 1 is 1.44 bits per heavy atom. The Bertz CT molecular complexity index is 391. The van der Waals surface area contributed by atoms with Crippen molar-refractivity contribution in [3.05, 3.63) is 28.2 Å². The largest absolute Gasteiger partial charge is 0.496 e. The molecule has 0 aromatic heterocycles. The highest BCUT2D eigenvalue weighted by Gasteiger charge is 2.26. The maximum absolute atomic E-state index is 9.75. The molecule has 4 heteroatoms. The number of hydrogen-bond donors (Lipinski definition) is 2. The molecule has 1 aliphatic heterocycles. The summed E-state index contributed by atoms with van der Waals surface area (Å²) in [7, 11) is 1.68. The van der Waals surface area contributed by atoms with Crippen LogP contribution in [0.2, 0.25) is 0 Å². The number of methoxy groups -OCH3 is 1. The Morgan fingerprint density at radius 2 is 2.17 bits per heavy atom. The molecule has 2 N–H and O–H groups in total. The number of aliphatic hydroxyl groups is 1. The quantitative estimate of drug-likeness (QED) is 0.897. The molecule has 0 radical (unpaired) electrons. The van der Waals surface area contributed by atoms with E-state index in [1.807, 2.05) is 12.1 Å². The van der Waals surface area contributed by atoms with Crippen LogP contribution in [0.1, 0.15) is 24.3 Å². The molecule has 1 fully saturated rings. The molecule has 1 aromatic rings. The van der Waals surface area contributed by atoms with Crippen LogP contribution in [-0.2, 0) is 0 Å². The van der Waals surface area contributed by atoms with Crippen molar-refractivity contribution in [1.29, 1.82) is 0 Å². The Balaban J connectivity index is 2.27. The van der Waals surface area contributed by atoms with Crippen molar-refractivity contribution >= 4 is 15.9 Å². The number of ether oxygens (including phenoxy) is 1. The second-order valence-electron chi connectivity index (χ2n) is 4.76. The lowest BCUT2D eigenvalue weighted by atomic mass is 9.80. The van der Waals surface area contributed by atoms with Crippen LogP contribution in [0.3, 0.4) is 0 Å². The van der Waals surface area contributed by atoms with Crippen LogP contribution in [0.5, 0.6) is 5.75 Å². The smallest absolute Gasteiger partial charge is 0.122 e. The molecule has 1 saturated heterocycles. The molecule has 1 atom stereocenters. The molecule has 0 aliphatic carbocycles. The highest BCUT2D eigenvalue weighted by atomic mass is 79.9. The van der Waals surface area contributed by atoms with E-state index in [4.69, 9.17) is 4.74 Å². The number of rotatable bonds is 4. The Morgan fingerprint density at radius 3 is 2.78 bits per heavy atom. The maximum atomic E-state index is 9.75.